The predicted octanol–water partition coefficient (Wildman–Crippen LogP) is 2.62. The Balaban J connectivity index is 2.34. The van der Waals surface area contributed by atoms with E-state index in [-0.39, 0.29) is 11.2 Å². The Morgan fingerprint density at radius 1 is 1.00 bits per heavy atom. The molecule has 0 amide bonds. The van der Waals surface area contributed by atoms with Gasteiger partial charge in [-0.2, -0.15) is 4.18 Å². The zero-order chi connectivity index (χ0) is 9.14. The van der Waals surface area contributed by atoms with Crippen molar-refractivity contribution in [2.24, 2.45) is 11.8 Å². The topological polar surface area (TPSA) is 9.23 Å². The normalized spacial score (nSPS) is 37.2. The predicted molar refractivity (Wildman–Crippen MR) is 56.3 cm³/mol. The van der Waals surface area contributed by atoms with Gasteiger partial charge in [-0.25, -0.2) is 0 Å². The Bertz CT molecular complexity index is 123. The second kappa shape index (κ2) is 4.52. The number of hydrogen-bond acceptors (Lipinski definition) is 1. The van der Waals surface area contributed by atoms with Gasteiger partial charge in [0.05, 0.1) is 0 Å². The first-order valence-corrected chi connectivity index (χ1v) is 6.79. The van der Waals surface area contributed by atoms with Crippen molar-refractivity contribution in [2.75, 3.05) is 12.5 Å². The summed E-state index contributed by atoms with van der Waals surface area (Å²) in [6.45, 7) is 4.69. The van der Waals surface area contributed by atoms with E-state index in [1.54, 1.807) is 0 Å². The second-order valence-electron chi connectivity index (χ2n) is 4.38. The van der Waals surface area contributed by atoms with Crippen LogP contribution >= 0.6 is 0 Å². The van der Waals surface area contributed by atoms with E-state index < -0.39 is 0 Å². The van der Waals surface area contributed by atoms with Gasteiger partial charge in [-0.3, -0.25) is 0 Å². The quantitative estimate of drug-likeness (QED) is 0.607. The van der Waals surface area contributed by atoms with E-state index >= 15 is 0 Å². The van der Waals surface area contributed by atoms with Crippen LogP contribution in [0.1, 0.15) is 33.1 Å². The molecule has 1 rings (SSSR count). The highest BCUT2D eigenvalue weighted by Crippen LogP contribution is 2.30. The minimum atomic E-state index is 0.157. The van der Waals surface area contributed by atoms with Gasteiger partial charge in [0.1, 0.15) is 29.8 Å². The van der Waals surface area contributed by atoms with Crippen molar-refractivity contribution in [3.05, 3.63) is 0 Å². The minimum Gasteiger partial charge on any atom is -0.171 e. The maximum Gasteiger partial charge on any atom is 0.141 e. The summed E-state index contributed by atoms with van der Waals surface area (Å²) >= 11 is 0.157. The van der Waals surface area contributed by atoms with Crippen molar-refractivity contribution in [2.45, 2.75) is 39.2 Å². The third-order valence-corrected chi connectivity index (χ3v) is 3.12. The summed E-state index contributed by atoms with van der Waals surface area (Å²) in [6.07, 6.45) is 8.79. The molecule has 1 aliphatic carbocycles. The Morgan fingerprint density at radius 3 is 1.92 bits per heavy atom. The van der Waals surface area contributed by atoms with E-state index in [9.17, 15) is 0 Å². The van der Waals surface area contributed by atoms with Gasteiger partial charge in [0.15, 0.2) is 0 Å². The lowest BCUT2D eigenvalue weighted by Gasteiger charge is -2.28. The molecule has 0 bridgehead atoms. The fourth-order valence-corrected chi connectivity index (χ4v) is 2.93. The third kappa shape index (κ3) is 3.36. The molecule has 0 saturated heterocycles. The molecule has 72 valence electrons. The van der Waals surface area contributed by atoms with Gasteiger partial charge >= 0.3 is 0 Å². The van der Waals surface area contributed by atoms with Gasteiger partial charge in [-0.15, -0.1) is 0 Å². The number of hydrogen-bond donors (Lipinski definition) is 0. The van der Waals surface area contributed by atoms with E-state index in [0.29, 0.717) is 6.10 Å². The molecule has 12 heavy (non-hydrogen) atoms. The van der Waals surface area contributed by atoms with E-state index in [0.717, 1.165) is 11.8 Å². The average molecular weight is 189 g/mol. The SMILES string of the molecule is C[C@@H]1CC(O[S+](C)C)C[C@H](C)C1. The summed E-state index contributed by atoms with van der Waals surface area (Å²) in [5, 5.41) is 0. The van der Waals surface area contributed by atoms with Crippen molar-refractivity contribution < 1.29 is 4.18 Å². The first kappa shape index (κ1) is 10.4. The molecule has 1 saturated carbocycles. The van der Waals surface area contributed by atoms with Crippen molar-refractivity contribution in [3.8, 4) is 0 Å². The largest absolute Gasteiger partial charge is 0.171 e. The van der Waals surface area contributed by atoms with Crippen LogP contribution in [0, 0.1) is 11.8 Å². The van der Waals surface area contributed by atoms with Gasteiger partial charge in [-0.05, 0) is 31.1 Å². The molecule has 0 N–H and O–H groups in total. The average Bonchev–Trinajstić information content (AvgIpc) is 1.81. The Kier molecular flexibility index (Phi) is 3.91. The Hall–Kier alpha value is 0.310. The highest BCUT2D eigenvalue weighted by Gasteiger charge is 2.28. The second-order valence-corrected chi connectivity index (χ2v) is 6.05. The lowest BCUT2D eigenvalue weighted by atomic mass is 9.82. The van der Waals surface area contributed by atoms with E-state index in [1.807, 2.05) is 0 Å². The third-order valence-electron chi connectivity index (χ3n) is 2.46. The van der Waals surface area contributed by atoms with Crippen LogP contribution in [0.2, 0.25) is 0 Å². The molecule has 0 aromatic carbocycles. The lowest BCUT2D eigenvalue weighted by molar-refractivity contribution is 0.118. The van der Waals surface area contributed by atoms with Crippen LogP contribution in [0.4, 0.5) is 0 Å². The molecule has 1 unspecified atom stereocenters. The Morgan fingerprint density at radius 2 is 1.50 bits per heavy atom. The summed E-state index contributed by atoms with van der Waals surface area (Å²) in [4.78, 5) is 0. The Labute approximate surface area is 79.4 Å². The molecule has 3 atom stereocenters. The van der Waals surface area contributed by atoms with Crippen LogP contribution in [0.3, 0.4) is 0 Å². The van der Waals surface area contributed by atoms with Crippen LogP contribution < -0.4 is 0 Å². The first-order chi connectivity index (χ1) is 5.58. The van der Waals surface area contributed by atoms with Gasteiger partial charge in [-0.1, -0.05) is 13.8 Å². The zero-order valence-electron chi connectivity index (χ0n) is 8.67. The van der Waals surface area contributed by atoms with Crippen molar-refractivity contribution >= 4 is 11.2 Å². The molecule has 0 aromatic heterocycles. The molecular formula is C10H21OS+. The molecule has 1 fully saturated rings. The maximum atomic E-state index is 5.86. The highest BCUT2D eigenvalue weighted by molar-refractivity contribution is 7.90. The zero-order valence-corrected chi connectivity index (χ0v) is 9.49. The van der Waals surface area contributed by atoms with Gasteiger partial charge < -0.3 is 0 Å². The summed E-state index contributed by atoms with van der Waals surface area (Å²) in [5.74, 6) is 1.73. The van der Waals surface area contributed by atoms with Crippen molar-refractivity contribution in [3.63, 3.8) is 0 Å². The lowest BCUT2D eigenvalue weighted by Crippen LogP contribution is -2.27. The van der Waals surface area contributed by atoms with E-state index in [4.69, 9.17) is 4.18 Å². The summed E-state index contributed by atoms with van der Waals surface area (Å²) in [6, 6.07) is 0. The fourth-order valence-electron chi connectivity index (χ4n) is 2.22. The molecule has 1 nitrogen and oxygen atoms in total. The summed E-state index contributed by atoms with van der Waals surface area (Å²) in [7, 11) is 0. The van der Waals surface area contributed by atoms with E-state index in [1.165, 1.54) is 19.3 Å². The molecule has 0 aromatic rings. The van der Waals surface area contributed by atoms with Crippen LogP contribution in [0.5, 0.6) is 0 Å². The standard InChI is InChI=1S/C10H21OS/c1-8-5-9(2)7-10(6-8)11-12(3)4/h8-10H,5-7H2,1-4H3/q+1/t8-,9+,10?. The van der Waals surface area contributed by atoms with Crippen molar-refractivity contribution in [1.82, 2.24) is 0 Å². The molecule has 0 radical (unpaired) electrons. The van der Waals surface area contributed by atoms with Crippen LogP contribution in [0.15, 0.2) is 0 Å². The monoisotopic (exact) mass is 189 g/mol. The highest BCUT2D eigenvalue weighted by atomic mass is 32.2. The number of rotatable bonds is 2. The van der Waals surface area contributed by atoms with Gasteiger partial charge in [0.2, 0.25) is 0 Å². The van der Waals surface area contributed by atoms with E-state index in [2.05, 4.69) is 26.4 Å². The maximum absolute atomic E-state index is 5.86. The minimum absolute atomic E-state index is 0.157. The first-order valence-electron chi connectivity index (χ1n) is 4.82. The van der Waals surface area contributed by atoms with Crippen molar-refractivity contribution in [1.29, 1.82) is 0 Å². The van der Waals surface area contributed by atoms with Crippen LogP contribution in [0.25, 0.3) is 0 Å². The van der Waals surface area contributed by atoms with Gasteiger partial charge in [0, 0.05) is 0 Å². The molecule has 0 heterocycles. The summed E-state index contributed by atoms with van der Waals surface area (Å²) in [5.41, 5.74) is 0. The molecule has 1 aliphatic rings. The summed E-state index contributed by atoms with van der Waals surface area (Å²) < 4.78 is 5.86. The molecule has 0 spiro atoms. The molecular weight excluding hydrogens is 168 g/mol. The van der Waals surface area contributed by atoms with Crippen LogP contribution in [-0.2, 0) is 15.4 Å². The smallest absolute Gasteiger partial charge is 0.141 e. The molecule has 2 heteroatoms. The van der Waals surface area contributed by atoms with Gasteiger partial charge in [0.25, 0.3) is 0 Å². The molecule has 0 aliphatic heterocycles. The fraction of sp³-hybridized carbons (Fsp3) is 1.00. The van der Waals surface area contributed by atoms with Crippen LogP contribution in [-0.4, -0.2) is 18.6 Å².